The number of para-hydroxylation sites is 1. The van der Waals surface area contributed by atoms with E-state index in [0.29, 0.717) is 27.4 Å². The molecule has 1 aromatic heterocycles. The topological polar surface area (TPSA) is 114 Å². The summed E-state index contributed by atoms with van der Waals surface area (Å²) in [5.41, 5.74) is 2.31. The number of hydrogen-bond donors (Lipinski definition) is 3. The lowest BCUT2D eigenvalue weighted by Crippen LogP contribution is -2.16. The number of amides is 3. The van der Waals surface area contributed by atoms with Crippen LogP contribution in [0.3, 0.4) is 0 Å². The third-order valence-electron chi connectivity index (χ3n) is 6.50. The highest BCUT2D eigenvalue weighted by atomic mass is 32.2. The summed E-state index contributed by atoms with van der Waals surface area (Å²) in [5.74, 6) is -1.61. The van der Waals surface area contributed by atoms with Gasteiger partial charge in [-0.3, -0.25) is 14.4 Å². The lowest BCUT2D eigenvalue weighted by Gasteiger charge is -2.09. The molecule has 0 fully saturated rings. The molecule has 0 aliphatic rings. The average molecular weight is 610 g/mol. The molecule has 3 amide bonds. The minimum Gasteiger partial charge on any atom is -0.465 e. The zero-order chi connectivity index (χ0) is 30.3. The molecular weight excluding hydrogens is 583 g/mol. The van der Waals surface area contributed by atoms with Crippen LogP contribution in [-0.4, -0.2) is 36.6 Å². The van der Waals surface area contributed by atoms with Crippen molar-refractivity contribution in [3.8, 4) is 0 Å². The van der Waals surface area contributed by atoms with Crippen LogP contribution in [0.2, 0.25) is 0 Å². The number of thioether (sulfide) groups is 1. The first kappa shape index (κ1) is 29.6. The molecule has 0 aliphatic carbocycles. The van der Waals surface area contributed by atoms with Crippen LogP contribution in [-0.2, 0) is 9.53 Å². The smallest absolute Gasteiger partial charge is 0.341 e. The highest BCUT2D eigenvalue weighted by Crippen LogP contribution is 2.34. The van der Waals surface area contributed by atoms with Gasteiger partial charge in [0.2, 0.25) is 5.91 Å². The van der Waals surface area contributed by atoms with Gasteiger partial charge in [-0.25, -0.2) is 4.79 Å². The third-order valence-corrected chi connectivity index (χ3v) is 8.70. The first-order chi connectivity index (χ1) is 20.8. The number of carbonyl (C=O) groups is 4. The summed E-state index contributed by atoms with van der Waals surface area (Å²) in [6.45, 7) is 1.64. The summed E-state index contributed by atoms with van der Waals surface area (Å²) in [7, 11) is 1.25. The van der Waals surface area contributed by atoms with Gasteiger partial charge in [0.1, 0.15) is 5.00 Å². The van der Waals surface area contributed by atoms with Crippen molar-refractivity contribution in [2.45, 2.75) is 11.8 Å². The second-order valence-corrected chi connectivity index (χ2v) is 11.5. The maximum Gasteiger partial charge on any atom is 0.341 e. The minimum absolute atomic E-state index is 0.0329. The number of hydrogen-bond acceptors (Lipinski definition) is 7. The number of ether oxygens (including phenoxy) is 1. The van der Waals surface area contributed by atoms with Gasteiger partial charge < -0.3 is 20.7 Å². The number of benzene rings is 4. The molecule has 0 saturated heterocycles. The molecule has 0 bridgehead atoms. The van der Waals surface area contributed by atoms with Gasteiger partial charge in [0.05, 0.1) is 23.3 Å². The highest BCUT2D eigenvalue weighted by Gasteiger charge is 2.26. The van der Waals surface area contributed by atoms with E-state index in [2.05, 4.69) is 16.0 Å². The van der Waals surface area contributed by atoms with Gasteiger partial charge >= 0.3 is 5.97 Å². The fraction of sp³-hybridized carbons (Fsp3) is 0.0909. The van der Waals surface area contributed by atoms with Crippen LogP contribution in [0.1, 0.15) is 36.0 Å². The molecule has 0 radical (unpaired) electrons. The van der Waals surface area contributed by atoms with E-state index in [-0.39, 0.29) is 28.1 Å². The summed E-state index contributed by atoms with van der Waals surface area (Å²) in [6, 6.07) is 29.5. The largest absolute Gasteiger partial charge is 0.465 e. The van der Waals surface area contributed by atoms with Crippen molar-refractivity contribution in [3.05, 3.63) is 119 Å². The molecule has 4 aromatic carbocycles. The van der Waals surface area contributed by atoms with Gasteiger partial charge in [-0.1, -0.05) is 54.6 Å². The second-order valence-electron chi connectivity index (χ2n) is 9.45. The predicted molar refractivity (Wildman–Crippen MR) is 172 cm³/mol. The monoisotopic (exact) mass is 609 g/mol. The number of thiophene rings is 1. The van der Waals surface area contributed by atoms with Crippen LogP contribution in [0.25, 0.3) is 10.8 Å². The van der Waals surface area contributed by atoms with Gasteiger partial charge in [-0.15, -0.1) is 23.1 Å². The molecule has 1 heterocycles. The van der Waals surface area contributed by atoms with Crippen molar-refractivity contribution in [3.63, 3.8) is 0 Å². The average Bonchev–Trinajstić information content (AvgIpc) is 3.35. The molecule has 0 unspecified atom stereocenters. The Kier molecular flexibility index (Phi) is 9.19. The van der Waals surface area contributed by atoms with Gasteiger partial charge in [0, 0.05) is 21.8 Å². The molecule has 3 N–H and O–H groups in total. The molecule has 0 atom stereocenters. The first-order valence-electron chi connectivity index (χ1n) is 13.2. The molecule has 0 aliphatic heterocycles. The van der Waals surface area contributed by atoms with Crippen LogP contribution < -0.4 is 16.0 Å². The zero-order valence-electron chi connectivity index (χ0n) is 23.3. The van der Waals surface area contributed by atoms with E-state index in [0.717, 1.165) is 27.0 Å². The van der Waals surface area contributed by atoms with Crippen LogP contribution in [0.15, 0.2) is 102 Å². The Morgan fingerprint density at radius 3 is 2.21 bits per heavy atom. The fourth-order valence-electron chi connectivity index (χ4n) is 4.38. The van der Waals surface area contributed by atoms with Gasteiger partial charge in [0.15, 0.2) is 0 Å². The number of carbonyl (C=O) groups excluding carboxylic acids is 4. The van der Waals surface area contributed by atoms with Crippen molar-refractivity contribution in [1.29, 1.82) is 0 Å². The Labute approximate surface area is 256 Å². The summed E-state index contributed by atoms with van der Waals surface area (Å²) >= 11 is 2.28. The van der Waals surface area contributed by atoms with Crippen molar-refractivity contribution in [1.82, 2.24) is 0 Å². The number of methoxy groups -OCH3 is 1. The molecule has 43 heavy (non-hydrogen) atoms. The van der Waals surface area contributed by atoms with E-state index in [4.69, 9.17) is 4.74 Å². The Morgan fingerprint density at radius 2 is 1.44 bits per heavy atom. The van der Waals surface area contributed by atoms with E-state index >= 15 is 0 Å². The number of rotatable bonds is 9. The Balaban J connectivity index is 1.24. The second kappa shape index (κ2) is 13.4. The van der Waals surface area contributed by atoms with E-state index in [1.807, 2.05) is 48.5 Å². The lowest BCUT2D eigenvalue weighted by atomic mass is 10.1. The lowest BCUT2D eigenvalue weighted by molar-refractivity contribution is -0.113. The molecule has 0 saturated carbocycles. The Hall–Kier alpha value is -4.93. The normalized spacial score (nSPS) is 10.7. The molecular formula is C33H27N3O5S2. The summed E-state index contributed by atoms with van der Waals surface area (Å²) in [4.78, 5) is 52.4. The van der Waals surface area contributed by atoms with Crippen molar-refractivity contribution < 1.29 is 23.9 Å². The third kappa shape index (κ3) is 7.11. The molecule has 8 nitrogen and oxygen atoms in total. The summed E-state index contributed by atoms with van der Waals surface area (Å²) in [5, 5.41) is 10.8. The van der Waals surface area contributed by atoms with Crippen LogP contribution >= 0.6 is 23.1 Å². The molecule has 5 aromatic rings. The van der Waals surface area contributed by atoms with Crippen molar-refractivity contribution in [2.24, 2.45) is 0 Å². The van der Waals surface area contributed by atoms with E-state index < -0.39 is 11.9 Å². The summed E-state index contributed by atoms with van der Waals surface area (Å²) in [6.07, 6.45) is 0. The number of anilines is 3. The van der Waals surface area contributed by atoms with Crippen LogP contribution in [0.4, 0.5) is 16.4 Å². The molecule has 10 heteroatoms. The number of nitrogens with one attached hydrogen (secondary N) is 3. The van der Waals surface area contributed by atoms with Gasteiger partial charge in [0.25, 0.3) is 11.8 Å². The SMILES string of the molecule is COC(=O)c1c(NC(=O)CSc2cccc(NC(=O)c3ccc4ccccc4c3)c2)sc(C(=O)Nc2ccccc2)c1C. The zero-order valence-corrected chi connectivity index (χ0v) is 24.9. The number of esters is 1. The maximum absolute atomic E-state index is 13.0. The van der Waals surface area contributed by atoms with Gasteiger partial charge in [-0.05, 0) is 65.7 Å². The Bertz CT molecular complexity index is 1840. The molecule has 216 valence electrons. The molecule has 5 rings (SSSR count). The number of fused-ring (bicyclic) bond motifs is 1. The van der Waals surface area contributed by atoms with E-state index in [1.54, 1.807) is 55.5 Å². The quantitative estimate of drug-likeness (QED) is 0.120. The summed E-state index contributed by atoms with van der Waals surface area (Å²) < 4.78 is 4.92. The van der Waals surface area contributed by atoms with Crippen molar-refractivity contribution >= 4 is 73.9 Å². The van der Waals surface area contributed by atoms with Crippen molar-refractivity contribution in [2.75, 3.05) is 28.8 Å². The highest BCUT2D eigenvalue weighted by molar-refractivity contribution is 8.00. The standard InChI is InChI=1S/C33H27N3O5S2/c1-20-28(33(40)41-2)32(43-29(20)31(39)34-24-11-4-3-5-12-24)36-27(37)19-42-26-14-8-13-25(18-26)35-30(38)23-16-15-21-9-6-7-10-22(21)17-23/h3-18H,19H2,1-2H3,(H,34,39)(H,35,38)(H,36,37). The van der Waals surface area contributed by atoms with Crippen LogP contribution in [0, 0.1) is 6.92 Å². The van der Waals surface area contributed by atoms with E-state index in [9.17, 15) is 19.2 Å². The van der Waals surface area contributed by atoms with Crippen LogP contribution in [0.5, 0.6) is 0 Å². The van der Waals surface area contributed by atoms with E-state index in [1.165, 1.54) is 18.9 Å². The maximum atomic E-state index is 13.0. The fourth-order valence-corrected chi connectivity index (χ4v) is 6.25. The Morgan fingerprint density at radius 1 is 0.744 bits per heavy atom. The predicted octanol–water partition coefficient (Wildman–Crippen LogP) is 7.23. The minimum atomic E-state index is -0.648. The first-order valence-corrected chi connectivity index (χ1v) is 15.0. The molecule has 0 spiro atoms. The van der Waals surface area contributed by atoms with Gasteiger partial charge in [-0.2, -0.15) is 0 Å².